The molecule has 1 aromatic heterocycles. The molecule has 0 saturated carbocycles. The third-order valence-corrected chi connectivity index (χ3v) is 5.95. The van der Waals surface area contributed by atoms with Crippen LogP contribution in [0.1, 0.15) is 29.7 Å². The number of aryl methyl sites for hydroxylation is 1. The summed E-state index contributed by atoms with van der Waals surface area (Å²) >= 11 is 12.5. The lowest BCUT2D eigenvalue weighted by molar-refractivity contribution is -0.132. The predicted octanol–water partition coefficient (Wildman–Crippen LogP) is 5.72. The zero-order valence-corrected chi connectivity index (χ0v) is 19.4. The smallest absolute Gasteiger partial charge is 0.300 e. The second-order valence-electron chi connectivity index (χ2n) is 7.46. The predicted molar refractivity (Wildman–Crippen MR) is 128 cm³/mol. The molecular weight excluding hydrogens is 463 g/mol. The van der Waals surface area contributed by atoms with Gasteiger partial charge >= 0.3 is 0 Å². The first-order chi connectivity index (χ1) is 15.8. The maximum atomic E-state index is 13.3. The standard InChI is InChI=1S/C25H20Cl2N2O4/c1-3-33-17-5-6-19(27)18(13-17)23(30)21-22(15-8-10-28-11-9-15)29(25(32)24(21)31)20-7-4-16(26)12-14(20)2/h4-13,22,30H,3H2,1-2H3/b23-21+. The number of hydrogen-bond donors (Lipinski definition) is 1. The summed E-state index contributed by atoms with van der Waals surface area (Å²) in [4.78, 5) is 31.9. The van der Waals surface area contributed by atoms with E-state index in [1.165, 1.54) is 4.90 Å². The van der Waals surface area contributed by atoms with Crippen molar-refractivity contribution in [2.24, 2.45) is 0 Å². The van der Waals surface area contributed by atoms with Crippen LogP contribution in [0.3, 0.4) is 0 Å². The van der Waals surface area contributed by atoms with E-state index in [0.29, 0.717) is 34.2 Å². The fourth-order valence-corrected chi connectivity index (χ4v) is 4.35. The van der Waals surface area contributed by atoms with Crippen molar-refractivity contribution in [1.29, 1.82) is 0 Å². The van der Waals surface area contributed by atoms with E-state index in [1.54, 1.807) is 67.8 Å². The fourth-order valence-electron chi connectivity index (χ4n) is 3.92. The Morgan fingerprint density at radius 1 is 1.09 bits per heavy atom. The Kier molecular flexibility index (Phi) is 6.40. The van der Waals surface area contributed by atoms with Crippen molar-refractivity contribution < 1.29 is 19.4 Å². The van der Waals surface area contributed by atoms with Gasteiger partial charge in [-0.25, -0.2) is 0 Å². The molecule has 1 fully saturated rings. The number of hydrogen-bond acceptors (Lipinski definition) is 5. The monoisotopic (exact) mass is 482 g/mol. The number of pyridine rings is 1. The summed E-state index contributed by atoms with van der Waals surface area (Å²) in [5.74, 6) is -1.48. The molecule has 1 atom stereocenters. The van der Waals surface area contributed by atoms with E-state index in [0.717, 1.165) is 0 Å². The lowest BCUT2D eigenvalue weighted by Gasteiger charge is -2.26. The second-order valence-corrected chi connectivity index (χ2v) is 8.30. The van der Waals surface area contributed by atoms with E-state index in [4.69, 9.17) is 27.9 Å². The van der Waals surface area contributed by atoms with Crippen LogP contribution in [0.25, 0.3) is 5.76 Å². The highest BCUT2D eigenvalue weighted by molar-refractivity contribution is 6.52. The number of aliphatic hydroxyl groups excluding tert-OH is 1. The van der Waals surface area contributed by atoms with Gasteiger partial charge in [-0.3, -0.25) is 19.5 Å². The molecule has 1 aliphatic heterocycles. The van der Waals surface area contributed by atoms with Gasteiger partial charge in [-0.1, -0.05) is 23.2 Å². The summed E-state index contributed by atoms with van der Waals surface area (Å²) in [5, 5.41) is 12.0. The van der Waals surface area contributed by atoms with Crippen molar-refractivity contribution in [2.45, 2.75) is 19.9 Å². The third-order valence-electron chi connectivity index (χ3n) is 5.39. The Bertz CT molecular complexity index is 1270. The molecule has 33 heavy (non-hydrogen) atoms. The minimum absolute atomic E-state index is 0.0731. The minimum Gasteiger partial charge on any atom is -0.507 e. The molecule has 3 aromatic rings. The van der Waals surface area contributed by atoms with Crippen molar-refractivity contribution in [3.8, 4) is 5.75 Å². The Morgan fingerprint density at radius 3 is 2.48 bits per heavy atom. The Labute approximate surface area is 201 Å². The average Bonchev–Trinajstić information content (AvgIpc) is 3.06. The van der Waals surface area contributed by atoms with E-state index < -0.39 is 17.7 Å². The highest BCUT2D eigenvalue weighted by Gasteiger charge is 2.47. The van der Waals surface area contributed by atoms with Gasteiger partial charge in [0.2, 0.25) is 0 Å². The van der Waals surface area contributed by atoms with E-state index in [1.807, 2.05) is 6.92 Å². The van der Waals surface area contributed by atoms with Crippen molar-refractivity contribution in [1.82, 2.24) is 4.98 Å². The molecule has 1 aliphatic rings. The van der Waals surface area contributed by atoms with Crippen molar-refractivity contribution >= 4 is 46.3 Å². The van der Waals surface area contributed by atoms with Crippen LogP contribution in [0, 0.1) is 6.92 Å². The van der Waals surface area contributed by atoms with Crippen LogP contribution in [0.4, 0.5) is 5.69 Å². The van der Waals surface area contributed by atoms with Crippen LogP contribution in [-0.4, -0.2) is 28.4 Å². The second kappa shape index (κ2) is 9.25. The van der Waals surface area contributed by atoms with E-state index >= 15 is 0 Å². The van der Waals surface area contributed by atoms with Gasteiger partial charge in [-0.15, -0.1) is 0 Å². The molecule has 168 valence electrons. The Balaban J connectivity index is 1.96. The van der Waals surface area contributed by atoms with E-state index in [9.17, 15) is 14.7 Å². The Morgan fingerprint density at radius 2 is 1.82 bits per heavy atom. The SMILES string of the molecule is CCOc1ccc(Cl)c(/C(O)=C2\C(=O)C(=O)N(c3ccc(Cl)cc3C)C2c2ccncc2)c1. The number of nitrogens with zero attached hydrogens (tertiary/aromatic N) is 2. The molecule has 2 heterocycles. The van der Waals surface area contributed by atoms with Gasteiger partial charge in [0.1, 0.15) is 11.5 Å². The summed E-state index contributed by atoms with van der Waals surface area (Å²) in [6, 6.07) is 12.3. The number of anilines is 1. The first-order valence-corrected chi connectivity index (χ1v) is 11.0. The first kappa shape index (κ1) is 22.8. The van der Waals surface area contributed by atoms with Gasteiger partial charge in [0.25, 0.3) is 11.7 Å². The summed E-state index contributed by atoms with van der Waals surface area (Å²) in [6.45, 7) is 4.04. The number of aliphatic hydroxyl groups is 1. The fraction of sp³-hybridized carbons (Fsp3) is 0.160. The quantitative estimate of drug-likeness (QED) is 0.285. The summed E-state index contributed by atoms with van der Waals surface area (Å²) in [5.41, 5.74) is 1.96. The molecule has 8 heteroatoms. The third kappa shape index (κ3) is 4.19. The molecule has 6 nitrogen and oxygen atoms in total. The number of rotatable bonds is 5. The van der Waals surface area contributed by atoms with Gasteiger partial charge in [0.15, 0.2) is 0 Å². The van der Waals surface area contributed by atoms with Gasteiger partial charge in [-0.05, 0) is 73.5 Å². The number of ether oxygens (including phenoxy) is 1. The highest BCUT2D eigenvalue weighted by Crippen LogP contribution is 2.44. The van der Waals surface area contributed by atoms with Crippen LogP contribution in [0.5, 0.6) is 5.75 Å². The molecule has 0 bridgehead atoms. The number of carbonyl (C=O) groups is 2. The normalized spacial score (nSPS) is 17.5. The van der Waals surface area contributed by atoms with Crippen LogP contribution in [0.2, 0.25) is 10.0 Å². The summed E-state index contributed by atoms with van der Waals surface area (Å²) in [6.07, 6.45) is 3.12. The molecule has 0 radical (unpaired) electrons. The molecule has 4 rings (SSSR count). The zero-order chi connectivity index (χ0) is 23.7. The van der Waals surface area contributed by atoms with Crippen molar-refractivity contribution in [3.63, 3.8) is 0 Å². The highest BCUT2D eigenvalue weighted by atomic mass is 35.5. The molecule has 0 spiro atoms. The van der Waals surface area contributed by atoms with Crippen LogP contribution in [-0.2, 0) is 9.59 Å². The van der Waals surface area contributed by atoms with Crippen LogP contribution in [0.15, 0.2) is 66.5 Å². The molecule has 0 aliphatic carbocycles. The number of halogens is 2. The molecule has 1 amide bonds. The number of carbonyl (C=O) groups excluding carboxylic acids is 2. The molecule has 1 N–H and O–H groups in total. The molecular formula is C25H20Cl2N2O4. The Hall–Kier alpha value is -3.35. The molecule has 1 unspecified atom stereocenters. The lowest BCUT2D eigenvalue weighted by atomic mass is 9.95. The maximum absolute atomic E-state index is 13.3. The average molecular weight is 483 g/mol. The molecule has 1 saturated heterocycles. The van der Waals surface area contributed by atoms with Gasteiger partial charge in [0.05, 0.1) is 23.2 Å². The zero-order valence-electron chi connectivity index (χ0n) is 17.9. The van der Waals surface area contributed by atoms with Gasteiger partial charge in [0, 0.05) is 28.7 Å². The topological polar surface area (TPSA) is 79.7 Å². The van der Waals surface area contributed by atoms with Crippen LogP contribution >= 0.6 is 23.2 Å². The van der Waals surface area contributed by atoms with E-state index in [2.05, 4.69) is 4.98 Å². The number of benzene rings is 2. The van der Waals surface area contributed by atoms with Gasteiger partial charge in [-0.2, -0.15) is 0 Å². The molecule has 2 aromatic carbocycles. The minimum atomic E-state index is -0.889. The first-order valence-electron chi connectivity index (χ1n) is 10.2. The largest absolute Gasteiger partial charge is 0.507 e. The van der Waals surface area contributed by atoms with Crippen molar-refractivity contribution in [3.05, 3.63) is 93.2 Å². The van der Waals surface area contributed by atoms with E-state index in [-0.39, 0.29) is 21.9 Å². The number of Topliss-reactive ketones (excluding diaryl/α,β-unsaturated/α-hetero) is 1. The summed E-state index contributed by atoms with van der Waals surface area (Å²) in [7, 11) is 0. The number of amides is 1. The maximum Gasteiger partial charge on any atom is 0.300 e. The summed E-state index contributed by atoms with van der Waals surface area (Å²) < 4.78 is 5.52. The number of aromatic nitrogens is 1. The van der Waals surface area contributed by atoms with Crippen LogP contribution < -0.4 is 9.64 Å². The van der Waals surface area contributed by atoms with Gasteiger partial charge < -0.3 is 9.84 Å². The lowest BCUT2D eigenvalue weighted by Crippen LogP contribution is -2.30. The number of ketones is 1. The van der Waals surface area contributed by atoms with Crippen molar-refractivity contribution in [2.75, 3.05) is 11.5 Å².